The van der Waals surface area contributed by atoms with Crippen molar-refractivity contribution < 1.29 is 0 Å². The summed E-state index contributed by atoms with van der Waals surface area (Å²) in [6.07, 6.45) is 2.14. The largest absolute Gasteiger partial charge is 0.355 e. The average molecular weight is 335 g/mol. The van der Waals surface area contributed by atoms with Crippen LogP contribution in [0.1, 0.15) is 43.7 Å². The summed E-state index contributed by atoms with van der Waals surface area (Å²) in [4.78, 5) is 2.27. The molecular formula is C18H21N7. The lowest BCUT2D eigenvalue weighted by molar-refractivity contribution is 0.500. The zero-order valence-electron chi connectivity index (χ0n) is 14.5. The highest BCUT2D eigenvalue weighted by Gasteiger charge is 2.22. The summed E-state index contributed by atoms with van der Waals surface area (Å²) in [6.45, 7) is 5.90. The molecule has 0 saturated carbocycles. The van der Waals surface area contributed by atoms with Crippen molar-refractivity contribution in [2.45, 2.75) is 32.6 Å². The number of benzene rings is 1. The van der Waals surface area contributed by atoms with Crippen molar-refractivity contribution in [2.75, 3.05) is 18.0 Å². The van der Waals surface area contributed by atoms with Gasteiger partial charge in [-0.1, -0.05) is 26.0 Å². The van der Waals surface area contributed by atoms with Crippen molar-refractivity contribution in [2.24, 2.45) is 0 Å². The van der Waals surface area contributed by atoms with Gasteiger partial charge in [0.15, 0.2) is 11.5 Å². The van der Waals surface area contributed by atoms with Crippen molar-refractivity contribution in [1.29, 1.82) is 5.26 Å². The predicted octanol–water partition coefficient (Wildman–Crippen LogP) is 2.80. The van der Waals surface area contributed by atoms with Crippen LogP contribution in [0.2, 0.25) is 0 Å². The Morgan fingerprint density at radius 3 is 2.44 bits per heavy atom. The van der Waals surface area contributed by atoms with Gasteiger partial charge in [0, 0.05) is 13.1 Å². The van der Waals surface area contributed by atoms with Gasteiger partial charge in [-0.25, -0.2) is 0 Å². The summed E-state index contributed by atoms with van der Waals surface area (Å²) in [5.74, 6) is 1.44. The summed E-state index contributed by atoms with van der Waals surface area (Å²) in [5.41, 5.74) is 2.68. The van der Waals surface area contributed by atoms with Crippen molar-refractivity contribution in [3.8, 4) is 6.07 Å². The molecule has 1 aliphatic rings. The number of anilines is 1. The van der Waals surface area contributed by atoms with E-state index >= 15 is 0 Å². The standard InChI is InChI=1S/C16H15N7.C2H6/c17-11-12-1-3-13(4-2-12)14-7-9-22(10-8-14)16-6-5-15-18-20-21-23(15)19-16;1-2/h1-6,14H,7-10H2;1-2H3. The predicted molar refractivity (Wildman–Crippen MR) is 95.3 cm³/mol. The van der Waals surface area contributed by atoms with Crippen LogP contribution in [-0.2, 0) is 0 Å². The van der Waals surface area contributed by atoms with Crippen molar-refractivity contribution >= 4 is 11.5 Å². The molecule has 1 aromatic carbocycles. The van der Waals surface area contributed by atoms with Gasteiger partial charge in [0.05, 0.1) is 11.6 Å². The zero-order chi connectivity index (χ0) is 17.6. The zero-order valence-corrected chi connectivity index (χ0v) is 14.5. The number of hydrogen-bond donors (Lipinski definition) is 0. The normalized spacial score (nSPS) is 14.7. The summed E-state index contributed by atoms with van der Waals surface area (Å²) >= 11 is 0. The first-order valence-electron chi connectivity index (χ1n) is 8.64. The Hall–Kier alpha value is -3.01. The van der Waals surface area contributed by atoms with Gasteiger partial charge in [0.25, 0.3) is 0 Å². The van der Waals surface area contributed by atoms with E-state index in [0.717, 1.165) is 31.7 Å². The molecule has 1 fully saturated rings. The fourth-order valence-electron chi connectivity index (χ4n) is 3.08. The first-order valence-corrected chi connectivity index (χ1v) is 8.64. The molecule has 0 N–H and O–H groups in total. The van der Waals surface area contributed by atoms with E-state index in [9.17, 15) is 0 Å². The van der Waals surface area contributed by atoms with E-state index in [0.29, 0.717) is 17.1 Å². The quantitative estimate of drug-likeness (QED) is 0.716. The van der Waals surface area contributed by atoms with Crippen LogP contribution in [0.4, 0.5) is 5.82 Å². The SMILES string of the molecule is CC.N#Cc1ccc(C2CCN(c3ccc4nnnn4n3)CC2)cc1. The fourth-order valence-corrected chi connectivity index (χ4v) is 3.08. The maximum Gasteiger partial charge on any atom is 0.200 e. The molecule has 0 bridgehead atoms. The summed E-state index contributed by atoms with van der Waals surface area (Å²) in [7, 11) is 0. The van der Waals surface area contributed by atoms with Crippen molar-refractivity contribution in [3.05, 3.63) is 47.5 Å². The molecule has 7 heteroatoms. The van der Waals surface area contributed by atoms with Crippen LogP contribution in [0, 0.1) is 11.3 Å². The second kappa shape index (κ2) is 7.71. The number of nitrogens with zero attached hydrogens (tertiary/aromatic N) is 7. The fraction of sp³-hybridized carbons (Fsp3) is 0.389. The van der Waals surface area contributed by atoms with Gasteiger partial charge in [0.2, 0.25) is 0 Å². The Labute approximate surface area is 146 Å². The van der Waals surface area contributed by atoms with Gasteiger partial charge in [0.1, 0.15) is 0 Å². The van der Waals surface area contributed by atoms with E-state index in [1.807, 2.05) is 38.1 Å². The molecular weight excluding hydrogens is 314 g/mol. The van der Waals surface area contributed by atoms with Gasteiger partial charge in [-0.2, -0.15) is 5.26 Å². The minimum Gasteiger partial charge on any atom is -0.355 e. The van der Waals surface area contributed by atoms with E-state index < -0.39 is 0 Å². The first kappa shape index (κ1) is 16.8. The highest BCUT2D eigenvalue weighted by Crippen LogP contribution is 2.29. The monoisotopic (exact) mass is 335 g/mol. The van der Waals surface area contributed by atoms with Crippen LogP contribution in [0.15, 0.2) is 36.4 Å². The van der Waals surface area contributed by atoms with Crippen LogP contribution >= 0.6 is 0 Å². The molecule has 128 valence electrons. The lowest BCUT2D eigenvalue weighted by atomic mass is 9.89. The van der Waals surface area contributed by atoms with Crippen LogP contribution in [0.25, 0.3) is 5.65 Å². The Morgan fingerprint density at radius 1 is 1.04 bits per heavy atom. The van der Waals surface area contributed by atoms with Gasteiger partial charge in [-0.15, -0.1) is 14.8 Å². The third-order valence-electron chi connectivity index (χ3n) is 4.39. The lowest BCUT2D eigenvalue weighted by Gasteiger charge is -2.32. The Morgan fingerprint density at radius 2 is 1.76 bits per heavy atom. The summed E-state index contributed by atoms with van der Waals surface area (Å²) in [6, 6.07) is 14.0. The molecule has 1 saturated heterocycles. The molecule has 4 rings (SSSR count). The van der Waals surface area contributed by atoms with Crippen LogP contribution in [0.5, 0.6) is 0 Å². The Bertz CT molecular complexity index is 855. The first-order chi connectivity index (χ1) is 12.3. The van der Waals surface area contributed by atoms with E-state index in [2.05, 4.69) is 43.7 Å². The van der Waals surface area contributed by atoms with Gasteiger partial charge >= 0.3 is 0 Å². The summed E-state index contributed by atoms with van der Waals surface area (Å²) < 4.78 is 1.46. The molecule has 0 atom stereocenters. The second-order valence-electron chi connectivity index (χ2n) is 5.71. The molecule has 0 spiro atoms. The minimum absolute atomic E-state index is 0.538. The maximum atomic E-state index is 8.88. The van der Waals surface area contributed by atoms with E-state index in [4.69, 9.17) is 5.26 Å². The lowest BCUT2D eigenvalue weighted by Crippen LogP contribution is -2.33. The smallest absolute Gasteiger partial charge is 0.200 e. The number of rotatable bonds is 2. The number of aromatic nitrogens is 5. The molecule has 0 unspecified atom stereocenters. The number of nitriles is 1. The van der Waals surface area contributed by atoms with E-state index in [1.165, 1.54) is 10.2 Å². The number of piperidine rings is 1. The van der Waals surface area contributed by atoms with E-state index in [1.54, 1.807) is 0 Å². The molecule has 0 radical (unpaired) electrons. The molecule has 2 aromatic heterocycles. The molecule has 0 amide bonds. The molecule has 0 aliphatic carbocycles. The third kappa shape index (κ3) is 3.58. The van der Waals surface area contributed by atoms with Gasteiger partial charge in [-0.05, 0) is 59.0 Å². The molecule has 7 nitrogen and oxygen atoms in total. The summed E-state index contributed by atoms with van der Waals surface area (Å²) in [5, 5.41) is 24.7. The van der Waals surface area contributed by atoms with Crippen LogP contribution in [-0.4, -0.2) is 38.3 Å². The average Bonchev–Trinajstić information content (AvgIpc) is 3.17. The van der Waals surface area contributed by atoms with Gasteiger partial charge < -0.3 is 4.90 Å². The maximum absolute atomic E-state index is 8.88. The van der Waals surface area contributed by atoms with Gasteiger partial charge in [-0.3, -0.25) is 0 Å². The highest BCUT2D eigenvalue weighted by atomic mass is 15.6. The molecule has 1 aliphatic heterocycles. The second-order valence-corrected chi connectivity index (χ2v) is 5.71. The number of hydrogen-bond acceptors (Lipinski definition) is 6. The Kier molecular flexibility index (Phi) is 5.19. The topological polar surface area (TPSA) is 83.0 Å². The van der Waals surface area contributed by atoms with Crippen LogP contribution in [0.3, 0.4) is 0 Å². The molecule has 3 aromatic rings. The third-order valence-corrected chi connectivity index (χ3v) is 4.39. The highest BCUT2D eigenvalue weighted by molar-refractivity contribution is 5.45. The number of tetrazole rings is 1. The van der Waals surface area contributed by atoms with E-state index in [-0.39, 0.29) is 0 Å². The number of fused-ring (bicyclic) bond motifs is 1. The molecule has 25 heavy (non-hydrogen) atoms. The Balaban J connectivity index is 0.000000880. The van der Waals surface area contributed by atoms with Crippen molar-refractivity contribution in [1.82, 2.24) is 25.3 Å². The minimum atomic E-state index is 0.538. The molecule has 3 heterocycles. The van der Waals surface area contributed by atoms with Crippen molar-refractivity contribution in [3.63, 3.8) is 0 Å². The van der Waals surface area contributed by atoms with Crippen LogP contribution < -0.4 is 4.90 Å².